The summed E-state index contributed by atoms with van der Waals surface area (Å²) >= 11 is 0. The van der Waals surface area contributed by atoms with Crippen LogP contribution in [0.3, 0.4) is 0 Å². The molecule has 0 atom stereocenters. The molecule has 0 aliphatic carbocycles. The Morgan fingerprint density at radius 3 is 2.53 bits per heavy atom. The van der Waals surface area contributed by atoms with E-state index < -0.39 is 10.0 Å². The number of carbonyl (C=O) groups excluding carboxylic acids is 1. The topological polar surface area (TPSA) is 106 Å². The molecule has 1 aliphatic rings. The van der Waals surface area contributed by atoms with Crippen LogP contribution in [-0.4, -0.2) is 23.9 Å². The monoisotopic (exact) mass is 476 g/mol. The van der Waals surface area contributed by atoms with Gasteiger partial charge in [-0.3, -0.25) is 4.79 Å². The first kappa shape index (κ1) is 22.1. The largest absolute Gasteiger partial charge is 0.468 e. The Morgan fingerprint density at radius 1 is 1.03 bits per heavy atom. The molecule has 0 spiro atoms. The van der Waals surface area contributed by atoms with Gasteiger partial charge in [0.25, 0.3) is 5.91 Å². The average molecular weight is 477 g/mol. The van der Waals surface area contributed by atoms with E-state index in [1.165, 1.54) is 43.4 Å². The van der Waals surface area contributed by atoms with Crippen LogP contribution >= 0.6 is 0 Å². The minimum absolute atomic E-state index is 0.0507. The maximum atomic E-state index is 12.6. The van der Waals surface area contributed by atoms with Gasteiger partial charge < -0.3 is 14.3 Å². The number of carbonyl (C=O) groups is 1. The van der Waals surface area contributed by atoms with Crippen molar-refractivity contribution >= 4 is 21.6 Å². The highest BCUT2D eigenvalue weighted by Gasteiger charge is 2.16. The molecule has 34 heavy (non-hydrogen) atoms. The highest BCUT2D eigenvalue weighted by Crippen LogP contribution is 2.24. The summed E-state index contributed by atoms with van der Waals surface area (Å²) in [5, 5.41) is 2.85. The Balaban J connectivity index is 1.22. The molecule has 3 heterocycles. The number of sulfonamides is 1. The van der Waals surface area contributed by atoms with Crippen LogP contribution < -0.4 is 10.0 Å². The number of fused-ring (bicyclic) bond motifs is 1. The summed E-state index contributed by atoms with van der Waals surface area (Å²) in [4.78, 5) is 17.4. The fraction of sp³-hybridized carbons (Fsp3) is 0.200. The minimum Gasteiger partial charge on any atom is -0.468 e. The number of nitrogens with one attached hydrogen (secondary N) is 2. The van der Waals surface area contributed by atoms with Crippen LogP contribution in [0.4, 0.5) is 5.69 Å². The van der Waals surface area contributed by atoms with Crippen LogP contribution in [0.25, 0.3) is 11.3 Å². The Kier molecular flexibility index (Phi) is 6.04. The highest BCUT2D eigenvalue weighted by molar-refractivity contribution is 7.89. The number of anilines is 1. The van der Waals surface area contributed by atoms with E-state index in [2.05, 4.69) is 20.8 Å². The zero-order chi connectivity index (χ0) is 23.5. The van der Waals surface area contributed by atoms with Crippen molar-refractivity contribution in [3.63, 3.8) is 0 Å². The predicted octanol–water partition coefficient (Wildman–Crippen LogP) is 4.21. The summed E-state index contributed by atoms with van der Waals surface area (Å²) < 4.78 is 34.7. The van der Waals surface area contributed by atoms with Gasteiger partial charge in [0.1, 0.15) is 11.6 Å². The Labute approximate surface area is 197 Å². The van der Waals surface area contributed by atoms with Crippen LogP contribution in [0.1, 0.15) is 34.8 Å². The summed E-state index contributed by atoms with van der Waals surface area (Å²) in [5.41, 5.74) is 2.94. The van der Waals surface area contributed by atoms with Gasteiger partial charge in [-0.25, -0.2) is 18.1 Å². The van der Waals surface area contributed by atoms with E-state index in [-0.39, 0.29) is 17.3 Å². The number of aryl methyl sites for hydroxylation is 2. The maximum absolute atomic E-state index is 12.6. The first-order chi connectivity index (χ1) is 16.5. The van der Waals surface area contributed by atoms with Crippen molar-refractivity contribution in [3.8, 4) is 11.3 Å². The highest BCUT2D eigenvalue weighted by atomic mass is 32.2. The van der Waals surface area contributed by atoms with E-state index in [0.717, 1.165) is 30.0 Å². The lowest BCUT2D eigenvalue weighted by molar-refractivity contribution is 0.102. The van der Waals surface area contributed by atoms with Gasteiger partial charge in [0, 0.05) is 36.0 Å². The number of furan rings is 1. The zero-order valence-electron chi connectivity index (χ0n) is 18.4. The van der Waals surface area contributed by atoms with Gasteiger partial charge in [0.15, 0.2) is 0 Å². The number of nitrogens with zero attached hydrogens (tertiary/aromatic N) is 2. The molecule has 0 bridgehead atoms. The van der Waals surface area contributed by atoms with Crippen molar-refractivity contribution in [2.24, 2.45) is 0 Å². The van der Waals surface area contributed by atoms with Crippen LogP contribution in [0.15, 0.2) is 82.4 Å². The van der Waals surface area contributed by atoms with E-state index in [1.54, 1.807) is 12.1 Å². The first-order valence-electron chi connectivity index (χ1n) is 11.1. The molecular formula is C25H24N4O4S. The van der Waals surface area contributed by atoms with Crippen molar-refractivity contribution in [2.45, 2.75) is 37.2 Å². The number of rotatable bonds is 7. The number of amides is 1. The molecule has 0 fully saturated rings. The van der Waals surface area contributed by atoms with Crippen molar-refractivity contribution in [1.82, 2.24) is 14.3 Å². The van der Waals surface area contributed by atoms with E-state index in [1.807, 2.05) is 24.3 Å². The van der Waals surface area contributed by atoms with Crippen LogP contribution in [0, 0.1) is 0 Å². The van der Waals surface area contributed by atoms with Crippen molar-refractivity contribution in [3.05, 3.63) is 90.3 Å². The Morgan fingerprint density at radius 2 is 1.82 bits per heavy atom. The molecular weight excluding hydrogens is 452 g/mol. The number of aromatic nitrogens is 2. The molecule has 1 amide bonds. The lowest BCUT2D eigenvalue weighted by Crippen LogP contribution is -2.23. The first-order valence-corrected chi connectivity index (χ1v) is 12.6. The lowest BCUT2D eigenvalue weighted by atomic mass is 10.1. The molecule has 4 aromatic rings. The van der Waals surface area contributed by atoms with E-state index in [0.29, 0.717) is 17.0 Å². The van der Waals surface area contributed by atoms with Gasteiger partial charge in [-0.2, -0.15) is 0 Å². The van der Waals surface area contributed by atoms with E-state index in [4.69, 9.17) is 9.40 Å². The molecule has 1 aliphatic heterocycles. The average Bonchev–Trinajstić information content (AvgIpc) is 3.53. The summed E-state index contributed by atoms with van der Waals surface area (Å²) in [5.74, 6) is 1.32. The third kappa shape index (κ3) is 4.80. The SMILES string of the molecule is O=C(Nc1ccc(-c2cn3c(n2)CCCC3)cc1)c1ccc(S(=O)(=O)NCc2ccco2)cc1. The number of hydrogen-bond donors (Lipinski definition) is 2. The molecule has 0 saturated carbocycles. The van der Waals surface area contributed by atoms with E-state index in [9.17, 15) is 13.2 Å². The lowest BCUT2D eigenvalue weighted by Gasteiger charge is -2.11. The Bertz CT molecular complexity index is 1370. The second-order valence-electron chi connectivity index (χ2n) is 8.15. The van der Waals surface area contributed by atoms with Crippen molar-refractivity contribution in [2.75, 3.05) is 5.32 Å². The molecule has 2 aromatic carbocycles. The van der Waals surface area contributed by atoms with Gasteiger partial charge in [-0.15, -0.1) is 0 Å². The van der Waals surface area contributed by atoms with Crippen LogP contribution in [0.5, 0.6) is 0 Å². The summed E-state index contributed by atoms with van der Waals surface area (Å²) in [6.07, 6.45) is 6.93. The van der Waals surface area contributed by atoms with Crippen LogP contribution in [0.2, 0.25) is 0 Å². The standard InChI is InChI=1S/C25H24N4O4S/c30-25(19-8-12-22(13-9-19)34(31,32)26-16-21-4-3-15-33-21)27-20-10-6-18(7-11-20)23-17-29-14-2-1-5-24(29)28-23/h3-4,6-13,15,17,26H,1-2,5,14,16H2,(H,27,30). The number of imidazole rings is 1. The molecule has 9 heteroatoms. The molecule has 0 saturated heterocycles. The van der Waals surface area contributed by atoms with Gasteiger partial charge in [0.05, 0.1) is 23.4 Å². The van der Waals surface area contributed by atoms with Gasteiger partial charge in [-0.1, -0.05) is 12.1 Å². The number of benzene rings is 2. The minimum atomic E-state index is -3.72. The quantitative estimate of drug-likeness (QED) is 0.416. The molecule has 174 valence electrons. The van der Waals surface area contributed by atoms with Crippen LogP contribution in [-0.2, 0) is 29.5 Å². The molecule has 0 unspecified atom stereocenters. The summed E-state index contributed by atoms with van der Waals surface area (Å²) in [7, 11) is -3.72. The fourth-order valence-electron chi connectivity index (χ4n) is 3.93. The van der Waals surface area contributed by atoms with Crippen molar-refractivity contribution < 1.29 is 17.6 Å². The van der Waals surface area contributed by atoms with E-state index >= 15 is 0 Å². The molecule has 2 aromatic heterocycles. The van der Waals surface area contributed by atoms with Gasteiger partial charge in [0.2, 0.25) is 10.0 Å². The second-order valence-corrected chi connectivity index (χ2v) is 9.92. The molecule has 0 radical (unpaired) electrons. The summed E-state index contributed by atoms with van der Waals surface area (Å²) in [6, 6.07) is 16.7. The maximum Gasteiger partial charge on any atom is 0.255 e. The molecule has 2 N–H and O–H groups in total. The van der Waals surface area contributed by atoms with Gasteiger partial charge >= 0.3 is 0 Å². The smallest absolute Gasteiger partial charge is 0.255 e. The Hall–Kier alpha value is -3.69. The second kappa shape index (κ2) is 9.28. The third-order valence-corrected chi connectivity index (χ3v) is 7.21. The predicted molar refractivity (Wildman–Crippen MR) is 128 cm³/mol. The molecule has 5 rings (SSSR count). The molecule has 8 nitrogen and oxygen atoms in total. The normalized spacial score (nSPS) is 13.4. The number of hydrogen-bond acceptors (Lipinski definition) is 5. The fourth-order valence-corrected chi connectivity index (χ4v) is 4.92. The van der Waals surface area contributed by atoms with Gasteiger partial charge in [-0.05, 0) is 61.4 Å². The zero-order valence-corrected chi connectivity index (χ0v) is 19.2. The summed E-state index contributed by atoms with van der Waals surface area (Å²) in [6.45, 7) is 1.06. The van der Waals surface area contributed by atoms with Crippen molar-refractivity contribution in [1.29, 1.82) is 0 Å². The third-order valence-electron chi connectivity index (χ3n) is 5.79.